The van der Waals surface area contributed by atoms with Crippen LogP contribution in [0.2, 0.25) is 0 Å². The highest BCUT2D eigenvalue weighted by Crippen LogP contribution is 2.49. The van der Waals surface area contributed by atoms with Gasteiger partial charge in [-0.05, 0) is 69.6 Å². The molecule has 224 valence electrons. The number of aromatic nitrogens is 1. The summed E-state index contributed by atoms with van der Waals surface area (Å²) in [5, 5.41) is 7.70. The minimum Gasteiger partial charge on any atom is -0.309 e. The Morgan fingerprint density at radius 1 is 0.375 bits per heavy atom. The molecule has 0 saturated heterocycles. The molecule has 2 aromatic heterocycles. The van der Waals surface area contributed by atoms with Crippen LogP contribution >= 0.6 is 11.3 Å². The van der Waals surface area contributed by atoms with E-state index in [0.717, 1.165) is 0 Å². The zero-order chi connectivity index (χ0) is 31.6. The highest BCUT2D eigenvalue weighted by molar-refractivity contribution is 7.26. The summed E-state index contributed by atoms with van der Waals surface area (Å²) in [5.74, 6) is 0. The van der Waals surface area contributed by atoms with Crippen LogP contribution in [0.25, 0.3) is 91.8 Å². The van der Waals surface area contributed by atoms with Crippen molar-refractivity contribution in [3.05, 3.63) is 176 Å². The molecule has 2 heterocycles. The van der Waals surface area contributed by atoms with Crippen molar-refractivity contribution >= 4 is 64.1 Å². The molecule has 1 nitrogen and oxygen atoms in total. The first-order chi connectivity index (χ1) is 23.8. The summed E-state index contributed by atoms with van der Waals surface area (Å²) in [6.45, 7) is 0. The van der Waals surface area contributed by atoms with Crippen LogP contribution in [0.4, 0.5) is 0 Å². The Morgan fingerprint density at radius 3 is 1.71 bits per heavy atom. The van der Waals surface area contributed by atoms with Gasteiger partial charge in [-0.15, -0.1) is 11.3 Å². The molecule has 0 saturated carbocycles. The van der Waals surface area contributed by atoms with Crippen LogP contribution in [0.1, 0.15) is 0 Å². The zero-order valence-corrected chi connectivity index (χ0v) is 26.9. The first kappa shape index (κ1) is 27.2. The van der Waals surface area contributed by atoms with E-state index in [1.807, 2.05) is 11.3 Å². The monoisotopic (exact) mass is 627 g/mol. The van der Waals surface area contributed by atoms with Crippen LogP contribution in [0.15, 0.2) is 176 Å². The maximum atomic E-state index is 2.51. The summed E-state index contributed by atoms with van der Waals surface area (Å²) >= 11 is 1.91. The standard InChI is InChI=1S/C46H29NS/c1-4-13-30(14-5-1)34-23-25-41-38(27-34)44-42(47(41)40-22-12-20-32-19-10-11-21-36(32)40)29-37(33-17-8-3-9-18-33)46-45(44)39-28-35(24-26-43(39)48-46)31-15-6-2-7-16-31/h1-29H. The topological polar surface area (TPSA) is 4.93 Å². The predicted octanol–water partition coefficient (Wildman–Crippen LogP) is 13.3. The summed E-state index contributed by atoms with van der Waals surface area (Å²) in [4.78, 5) is 0. The molecule has 0 bridgehead atoms. The fourth-order valence-electron chi connectivity index (χ4n) is 7.56. The Balaban J connectivity index is 1.43. The fourth-order valence-corrected chi connectivity index (χ4v) is 8.79. The van der Waals surface area contributed by atoms with Gasteiger partial charge in [0.05, 0.1) is 16.7 Å². The average molecular weight is 628 g/mol. The Labute approximate surface area is 282 Å². The van der Waals surface area contributed by atoms with E-state index >= 15 is 0 Å². The minimum atomic E-state index is 1.20. The largest absolute Gasteiger partial charge is 0.309 e. The van der Waals surface area contributed by atoms with Crippen molar-refractivity contribution in [1.29, 1.82) is 0 Å². The third-order valence-corrected chi connectivity index (χ3v) is 11.0. The van der Waals surface area contributed by atoms with E-state index in [4.69, 9.17) is 0 Å². The molecule has 0 radical (unpaired) electrons. The lowest BCUT2D eigenvalue weighted by Crippen LogP contribution is -1.95. The molecule has 2 heteroatoms. The number of hydrogen-bond donors (Lipinski definition) is 0. The molecule has 0 unspecified atom stereocenters. The molecular formula is C46H29NS. The Hall–Kier alpha value is -5.96. The second-order valence-electron chi connectivity index (χ2n) is 12.5. The number of benzene rings is 8. The van der Waals surface area contributed by atoms with Crippen molar-refractivity contribution in [2.24, 2.45) is 0 Å². The van der Waals surface area contributed by atoms with E-state index in [-0.39, 0.29) is 0 Å². The number of fused-ring (bicyclic) bond motifs is 8. The summed E-state index contributed by atoms with van der Waals surface area (Å²) in [6, 6.07) is 64.3. The van der Waals surface area contributed by atoms with Crippen molar-refractivity contribution in [2.75, 3.05) is 0 Å². The van der Waals surface area contributed by atoms with Gasteiger partial charge in [0.2, 0.25) is 0 Å². The molecule has 0 aliphatic rings. The van der Waals surface area contributed by atoms with Crippen LogP contribution in [0.5, 0.6) is 0 Å². The van der Waals surface area contributed by atoms with Crippen LogP contribution in [-0.2, 0) is 0 Å². The number of nitrogens with zero attached hydrogens (tertiary/aromatic N) is 1. The number of rotatable bonds is 4. The lowest BCUT2D eigenvalue weighted by atomic mass is 9.96. The smallest absolute Gasteiger partial charge is 0.0554 e. The zero-order valence-electron chi connectivity index (χ0n) is 26.1. The van der Waals surface area contributed by atoms with E-state index in [1.54, 1.807) is 0 Å². The van der Waals surface area contributed by atoms with E-state index in [1.165, 1.54) is 91.8 Å². The van der Waals surface area contributed by atoms with Gasteiger partial charge >= 0.3 is 0 Å². The Morgan fingerprint density at radius 2 is 0.979 bits per heavy atom. The van der Waals surface area contributed by atoms with Gasteiger partial charge in [0.15, 0.2) is 0 Å². The average Bonchev–Trinajstić information content (AvgIpc) is 3.70. The van der Waals surface area contributed by atoms with Gasteiger partial charge in [0.25, 0.3) is 0 Å². The molecule has 0 atom stereocenters. The van der Waals surface area contributed by atoms with Gasteiger partial charge in [0.1, 0.15) is 0 Å². The molecule has 48 heavy (non-hydrogen) atoms. The van der Waals surface area contributed by atoms with E-state index in [0.29, 0.717) is 0 Å². The SMILES string of the molecule is c1ccc(-c2ccc3sc4c(-c5ccccc5)cc5c(c6cc(-c7ccccc7)ccc6n5-c5cccc6ccccc56)c4c3c2)cc1. The molecule has 0 spiro atoms. The molecule has 0 N–H and O–H groups in total. The third-order valence-electron chi connectivity index (χ3n) is 9.77. The van der Waals surface area contributed by atoms with Crippen molar-refractivity contribution in [3.8, 4) is 39.1 Å². The molecule has 0 aliphatic carbocycles. The molecule has 8 aromatic carbocycles. The first-order valence-corrected chi connectivity index (χ1v) is 17.3. The van der Waals surface area contributed by atoms with Crippen molar-refractivity contribution in [2.45, 2.75) is 0 Å². The van der Waals surface area contributed by atoms with E-state index in [2.05, 4.69) is 180 Å². The quantitative estimate of drug-likeness (QED) is 0.183. The second-order valence-corrected chi connectivity index (χ2v) is 13.6. The lowest BCUT2D eigenvalue weighted by molar-refractivity contribution is 1.20. The molecule has 10 aromatic rings. The number of thiophene rings is 1. The van der Waals surface area contributed by atoms with E-state index < -0.39 is 0 Å². The van der Waals surface area contributed by atoms with Crippen molar-refractivity contribution in [3.63, 3.8) is 0 Å². The van der Waals surface area contributed by atoms with Crippen molar-refractivity contribution in [1.82, 2.24) is 4.57 Å². The maximum Gasteiger partial charge on any atom is 0.0554 e. The van der Waals surface area contributed by atoms with Gasteiger partial charge in [-0.25, -0.2) is 0 Å². The second kappa shape index (κ2) is 10.8. The van der Waals surface area contributed by atoms with Crippen LogP contribution in [0.3, 0.4) is 0 Å². The Bertz CT molecular complexity index is 2800. The molecular weight excluding hydrogens is 599 g/mol. The summed E-state index contributed by atoms with van der Waals surface area (Å²) < 4.78 is 5.15. The van der Waals surface area contributed by atoms with Gasteiger partial charge in [0, 0.05) is 41.9 Å². The lowest BCUT2D eigenvalue weighted by Gasteiger charge is -2.13. The number of hydrogen-bond acceptors (Lipinski definition) is 1. The van der Waals surface area contributed by atoms with Gasteiger partial charge < -0.3 is 4.57 Å². The highest BCUT2D eigenvalue weighted by atomic mass is 32.1. The summed E-state index contributed by atoms with van der Waals surface area (Å²) in [6.07, 6.45) is 0. The minimum absolute atomic E-state index is 1.20. The predicted molar refractivity (Wildman–Crippen MR) is 207 cm³/mol. The third kappa shape index (κ3) is 4.17. The normalized spacial score (nSPS) is 11.8. The fraction of sp³-hybridized carbons (Fsp3) is 0. The highest BCUT2D eigenvalue weighted by Gasteiger charge is 2.22. The summed E-state index contributed by atoms with van der Waals surface area (Å²) in [5.41, 5.74) is 11.1. The molecule has 10 rings (SSSR count). The van der Waals surface area contributed by atoms with E-state index in [9.17, 15) is 0 Å². The van der Waals surface area contributed by atoms with Crippen molar-refractivity contribution < 1.29 is 0 Å². The van der Waals surface area contributed by atoms with Crippen LogP contribution < -0.4 is 0 Å². The van der Waals surface area contributed by atoms with Gasteiger partial charge in [-0.2, -0.15) is 0 Å². The maximum absolute atomic E-state index is 2.51. The molecule has 0 amide bonds. The summed E-state index contributed by atoms with van der Waals surface area (Å²) in [7, 11) is 0. The van der Waals surface area contributed by atoms with Crippen LogP contribution in [-0.4, -0.2) is 4.57 Å². The van der Waals surface area contributed by atoms with Crippen LogP contribution in [0, 0.1) is 0 Å². The molecule has 0 fully saturated rings. The Kier molecular flexibility index (Phi) is 6.12. The van der Waals surface area contributed by atoms with Gasteiger partial charge in [-0.1, -0.05) is 140 Å². The first-order valence-electron chi connectivity index (χ1n) is 16.4. The molecule has 0 aliphatic heterocycles. The van der Waals surface area contributed by atoms with Gasteiger partial charge in [-0.3, -0.25) is 0 Å².